The number of hydrogen-bond acceptors (Lipinski definition) is 3. The van der Waals surface area contributed by atoms with Crippen LogP contribution < -0.4 is 0 Å². The Morgan fingerprint density at radius 2 is 2.12 bits per heavy atom. The molecule has 0 spiro atoms. The lowest BCUT2D eigenvalue weighted by molar-refractivity contribution is 0.00360. The molecule has 0 aromatic heterocycles. The van der Waals surface area contributed by atoms with E-state index in [4.69, 9.17) is 4.74 Å². The number of carbonyl (C=O) groups is 1. The maximum absolute atomic E-state index is 12.0. The van der Waals surface area contributed by atoms with Gasteiger partial charge in [0, 0.05) is 12.6 Å². The van der Waals surface area contributed by atoms with E-state index in [2.05, 4.69) is 0 Å². The summed E-state index contributed by atoms with van der Waals surface area (Å²) in [6, 6.07) is 0.124. The Morgan fingerprint density at radius 1 is 1.47 bits per heavy atom. The summed E-state index contributed by atoms with van der Waals surface area (Å²) in [6.45, 7) is 8.13. The minimum absolute atomic E-state index is 0.124. The van der Waals surface area contributed by atoms with Crippen molar-refractivity contribution < 1.29 is 14.6 Å². The molecule has 4 heteroatoms. The highest BCUT2D eigenvalue weighted by Gasteiger charge is 2.30. The van der Waals surface area contributed by atoms with Gasteiger partial charge in [0.05, 0.1) is 6.10 Å². The summed E-state index contributed by atoms with van der Waals surface area (Å²) >= 11 is 0. The fourth-order valence-electron chi connectivity index (χ4n) is 2.20. The van der Waals surface area contributed by atoms with Crippen LogP contribution in [-0.4, -0.2) is 40.4 Å². The second-order valence-corrected chi connectivity index (χ2v) is 5.91. The fourth-order valence-corrected chi connectivity index (χ4v) is 2.20. The Morgan fingerprint density at radius 3 is 2.65 bits per heavy atom. The van der Waals surface area contributed by atoms with E-state index in [-0.39, 0.29) is 18.2 Å². The van der Waals surface area contributed by atoms with Gasteiger partial charge in [0.25, 0.3) is 0 Å². The van der Waals surface area contributed by atoms with Crippen molar-refractivity contribution in [1.29, 1.82) is 0 Å². The molecule has 0 aromatic rings. The van der Waals surface area contributed by atoms with Gasteiger partial charge in [-0.1, -0.05) is 0 Å². The molecule has 1 N–H and O–H groups in total. The van der Waals surface area contributed by atoms with Crippen molar-refractivity contribution >= 4 is 6.09 Å². The molecule has 0 bridgehead atoms. The number of aliphatic hydroxyl groups excluding tert-OH is 1. The number of carbonyl (C=O) groups excluding carboxylic acids is 1. The third-order valence-electron chi connectivity index (χ3n) is 2.87. The number of aliphatic hydroxyl groups is 1. The number of nitrogens with zero attached hydrogens (tertiary/aromatic N) is 1. The topological polar surface area (TPSA) is 49.8 Å². The van der Waals surface area contributed by atoms with Gasteiger partial charge in [-0.2, -0.15) is 0 Å². The monoisotopic (exact) mass is 243 g/mol. The molecule has 0 aliphatic carbocycles. The van der Waals surface area contributed by atoms with E-state index in [1.807, 2.05) is 20.8 Å². The molecule has 2 atom stereocenters. The number of ether oxygens (including phenoxy) is 1. The second kappa shape index (κ2) is 5.71. The molecule has 1 rings (SSSR count). The maximum Gasteiger partial charge on any atom is 0.410 e. The summed E-state index contributed by atoms with van der Waals surface area (Å²) in [5.74, 6) is 0. The average molecular weight is 243 g/mol. The summed E-state index contributed by atoms with van der Waals surface area (Å²) in [5.41, 5.74) is -0.454. The van der Waals surface area contributed by atoms with Gasteiger partial charge in [0.2, 0.25) is 0 Å². The van der Waals surface area contributed by atoms with Crippen molar-refractivity contribution in [2.24, 2.45) is 0 Å². The normalized spacial score (nSPS) is 23.4. The molecular weight excluding hydrogens is 218 g/mol. The van der Waals surface area contributed by atoms with Crippen LogP contribution >= 0.6 is 0 Å². The SMILES string of the molecule is C[C@@H](O)C[C@H]1CCCCN1C(=O)OC(C)(C)C. The minimum atomic E-state index is -0.454. The smallest absolute Gasteiger partial charge is 0.410 e. The lowest BCUT2D eigenvalue weighted by Gasteiger charge is -2.37. The van der Waals surface area contributed by atoms with Crippen molar-refractivity contribution in [3.63, 3.8) is 0 Å². The molecule has 0 unspecified atom stereocenters. The van der Waals surface area contributed by atoms with E-state index in [1.54, 1.807) is 11.8 Å². The molecule has 0 saturated carbocycles. The Bertz CT molecular complexity index is 258. The van der Waals surface area contributed by atoms with Gasteiger partial charge in [-0.05, 0) is 53.4 Å². The standard InChI is InChI=1S/C13H25NO3/c1-10(15)9-11-7-5-6-8-14(11)12(16)17-13(2,3)4/h10-11,15H,5-9H2,1-4H3/t10-,11-/m1/s1. The third-order valence-corrected chi connectivity index (χ3v) is 2.87. The second-order valence-electron chi connectivity index (χ2n) is 5.91. The zero-order valence-electron chi connectivity index (χ0n) is 11.4. The number of rotatable bonds is 2. The molecule has 0 radical (unpaired) electrons. The summed E-state index contributed by atoms with van der Waals surface area (Å²) in [4.78, 5) is 13.8. The van der Waals surface area contributed by atoms with Gasteiger partial charge in [-0.3, -0.25) is 0 Å². The Balaban J connectivity index is 2.61. The molecule has 1 saturated heterocycles. The van der Waals surface area contributed by atoms with Crippen molar-refractivity contribution in [3.8, 4) is 0 Å². The maximum atomic E-state index is 12.0. The fraction of sp³-hybridized carbons (Fsp3) is 0.923. The molecule has 0 aromatic carbocycles. The van der Waals surface area contributed by atoms with Gasteiger partial charge in [0.1, 0.15) is 5.60 Å². The molecule has 1 fully saturated rings. The molecule has 4 nitrogen and oxygen atoms in total. The highest BCUT2D eigenvalue weighted by atomic mass is 16.6. The first-order valence-corrected chi connectivity index (χ1v) is 6.47. The minimum Gasteiger partial charge on any atom is -0.444 e. The van der Waals surface area contributed by atoms with Gasteiger partial charge in [-0.25, -0.2) is 4.79 Å². The van der Waals surface area contributed by atoms with E-state index in [1.165, 1.54) is 0 Å². The van der Waals surface area contributed by atoms with Gasteiger partial charge in [0.15, 0.2) is 0 Å². The van der Waals surface area contributed by atoms with Gasteiger partial charge >= 0.3 is 6.09 Å². The molecule has 1 aliphatic heterocycles. The quantitative estimate of drug-likeness (QED) is 0.811. The lowest BCUT2D eigenvalue weighted by Crippen LogP contribution is -2.47. The van der Waals surface area contributed by atoms with Crippen LogP contribution in [0.1, 0.15) is 53.4 Å². The number of likely N-dealkylation sites (tertiary alicyclic amines) is 1. The van der Waals surface area contributed by atoms with Crippen LogP contribution in [0.5, 0.6) is 0 Å². The van der Waals surface area contributed by atoms with Gasteiger partial charge < -0.3 is 14.7 Å². The van der Waals surface area contributed by atoms with Crippen molar-refractivity contribution in [2.45, 2.75) is 71.1 Å². The van der Waals surface area contributed by atoms with Crippen LogP contribution in [0.4, 0.5) is 4.79 Å². The Hall–Kier alpha value is -0.770. The van der Waals surface area contributed by atoms with Crippen molar-refractivity contribution in [3.05, 3.63) is 0 Å². The first kappa shape index (κ1) is 14.3. The zero-order chi connectivity index (χ0) is 13.1. The first-order chi connectivity index (χ1) is 7.79. The molecule has 1 amide bonds. The molecule has 1 heterocycles. The predicted octanol–water partition coefficient (Wildman–Crippen LogP) is 2.55. The highest BCUT2D eigenvalue weighted by Crippen LogP contribution is 2.23. The molecule has 100 valence electrons. The number of hydrogen-bond donors (Lipinski definition) is 1. The summed E-state index contributed by atoms with van der Waals surface area (Å²) in [5, 5.41) is 9.46. The van der Waals surface area contributed by atoms with Crippen molar-refractivity contribution in [2.75, 3.05) is 6.54 Å². The van der Waals surface area contributed by atoms with Crippen LogP contribution in [0.15, 0.2) is 0 Å². The van der Waals surface area contributed by atoms with E-state index in [0.717, 1.165) is 25.8 Å². The first-order valence-electron chi connectivity index (χ1n) is 6.47. The highest BCUT2D eigenvalue weighted by molar-refractivity contribution is 5.68. The molecule has 1 aliphatic rings. The van der Waals surface area contributed by atoms with Crippen LogP contribution in [0.2, 0.25) is 0 Å². The Labute approximate surface area is 104 Å². The van der Waals surface area contributed by atoms with Crippen molar-refractivity contribution in [1.82, 2.24) is 4.90 Å². The molecule has 17 heavy (non-hydrogen) atoms. The van der Waals surface area contributed by atoms with E-state index < -0.39 is 5.60 Å². The van der Waals surface area contributed by atoms with Crippen LogP contribution in [-0.2, 0) is 4.74 Å². The average Bonchev–Trinajstić information content (AvgIpc) is 2.14. The summed E-state index contributed by atoms with van der Waals surface area (Å²) in [7, 11) is 0. The zero-order valence-corrected chi connectivity index (χ0v) is 11.4. The van der Waals surface area contributed by atoms with E-state index in [0.29, 0.717) is 6.42 Å². The third kappa shape index (κ3) is 4.94. The summed E-state index contributed by atoms with van der Waals surface area (Å²) in [6.07, 6.45) is 3.13. The lowest BCUT2D eigenvalue weighted by atomic mass is 9.98. The number of amides is 1. The molecular formula is C13H25NO3. The largest absolute Gasteiger partial charge is 0.444 e. The van der Waals surface area contributed by atoms with E-state index >= 15 is 0 Å². The van der Waals surface area contributed by atoms with Gasteiger partial charge in [-0.15, -0.1) is 0 Å². The van der Waals surface area contributed by atoms with Crippen LogP contribution in [0, 0.1) is 0 Å². The summed E-state index contributed by atoms with van der Waals surface area (Å²) < 4.78 is 5.39. The van der Waals surface area contributed by atoms with Crippen LogP contribution in [0.25, 0.3) is 0 Å². The van der Waals surface area contributed by atoms with E-state index in [9.17, 15) is 9.90 Å². The Kier molecular flexibility index (Phi) is 4.80. The van der Waals surface area contributed by atoms with Crippen LogP contribution in [0.3, 0.4) is 0 Å². The predicted molar refractivity (Wildman–Crippen MR) is 66.9 cm³/mol. The number of piperidine rings is 1.